The van der Waals surface area contributed by atoms with Crippen LogP contribution in [0.3, 0.4) is 0 Å². The Morgan fingerprint density at radius 1 is 1.20 bits per heavy atom. The van der Waals surface area contributed by atoms with Crippen LogP contribution in [0.2, 0.25) is 0 Å². The van der Waals surface area contributed by atoms with E-state index in [1.165, 1.54) is 18.2 Å². The molecule has 5 heteroatoms. The first-order chi connectivity index (χ1) is 11.9. The van der Waals surface area contributed by atoms with E-state index in [4.69, 9.17) is 9.47 Å². The van der Waals surface area contributed by atoms with Crippen molar-refractivity contribution in [1.29, 1.82) is 0 Å². The third kappa shape index (κ3) is 4.98. The average molecular weight is 406 g/mol. The summed E-state index contributed by atoms with van der Waals surface area (Å²) in [5.41, 5.74) is 4.68. The molecule has 4 nitrogen and oxygen atoms in total. The highest BCUT2D eigenvalue weighted by molar-refractivity contribution is 9.10. The summed E-state index contributed by atoms with van der Waals surface area (Å²) in [7, 11) is 1.39. The van der Waals surface area contributed by atoms with Gasteiger partial charge in [0.1, 0.15) is 5.75 Å². The number of anilines is 1. The van der Waals surface area contributed by atoms with Crippen molar-refractivity contribution in [1.82, 2.24) is 0 Å². The van der Waals surface area contributed by atoms with Crippen LogP contribution >= 0.6 is 15.9 Å². The van der Waals surface area contributed by atoms with Crippen LogP contribution in [0.4, 0.5) is 5.69 Å². The van der Waals surface area contributed by atoms with E-state index in [1.807, 2.05) is 31.2 Å². The number of benzene rings is 2. The van der Waals surface area contributed by atoms with E-state index >= 15 is 0 Å². The van der Waals surface area contributed by atoms with Gasteiger partial charge in [0, 0.05) is 11.0 Å². The Morgan fingerprint density at radius 2 is 1.96 bits per heavy atom. The van der Waals surface area contributed by atoms with Crippen molar-refractivity contribution in [2.45, 2.75) is 27.2 Å². The molecular formula is C20H24BrNO3. The molecule has 0 aliphatic carbocycles. The van der Waals surface area contributed by atoms with Gasteiger partial charge in [-0.25, -0.2) is 4.79 Å². The van der Waals surface area contributed by atoms with Crippen LogP contribution in [0, 0.1) is 20.8 Å². The molecule has 0 heterocycles. The maximum absolute atomic E-state index is 12.0. The van der Waals surface area contributed by atoms with Crippen LogP contribution in [0.1, 0.15) is 33.5 Å². The van der Waals surface area contributed by atoms with Gasteiger partial charge in [-0.15, -0.1) is 0 Å². The van der Waals surface area contributed by atoms with Gasteiger partial charge in [-0.1, -0.05) is 12.1 Å². The molecule has 0 aromatic heterocycles. The SMILES string of the molecule is COC(=O)c1cc(C)cc(Br)c1NCCCOc1cccc(C)c1C. The van der Waals surface area contributed by atoms with E-state index in [1.54, 1.807) is 0 Å². The zero-order valence-electron chi connectivity index (χ0n) is 15.1. The molecule has 0 spiro atoms. The number of rotatable bonds is 7. The van der Waals surface area contributed by atoms with Gasteiger partial charge in [0.25, 0.3) is 0 Å². The Labute approximate surface area is 157 Å². The number of aryl methyl sites for hydroxylation is 2. The number of methoxy groups -OCH3 is 1. The van der Waals surface area contributed by atoms with Gasteiger partial charge in [0.05, 0.1) is 25.0 Å². The van der Waals surface area contributed by atoms with E-state index in [0.29, 0.717) is 18.7 Å². The van der Waals surface area contributed by atoms with Crippen molar-refractivity contribution in [3.63, 3.8) is 0 Å². The molecule has 25 heavy (non-hydrogen) atoms. The number of ether oxygens (including phenoxy) is 2. The first-order valence-corrected chi connectivity index (χ1v) is 9.04. The quantitative estimate of drug-likeness (QED) is 0.517. The lowest BCUT2D eigenvalue weighted by molar-refractivity contribution is 0.0601. The largest absolute Gasteiger partial charge is 0.493 e. The highest BCUT2D eigenvalue weighted by Crippen LogP contribution is 2.29. The Bertz CT molecular complexity index is 759. The van der Waals surface area contributed by atoms with Gasteiger partial charge in [-0.3, -0.25) is 0 Å². The lowest BCUT2D eigenvalue weighted by atomic mass is 10.1. The van der Waals surface area contributed by atoms with Gasteiger partial charge in [-0.05, 0) is 78.0 Å². The van der Waals surface area contributed by atoms with E-state index in [0.717, 1.165) is 27.9 Å². The number of hydrogen-bond acceptors (Lipinski definition) is 4. The summed E-state index contributed by atoms with van der Waals surface area (Å²) in [4.78, 5) is 12.0. The second-order valence-corrected chi connectivity index (χ2v) is 6.84. The number of esters is 1. The molecular weight excluding hydrogens is 382 g/mol. The fourth-order valence-corrected chi connectivity index (χ4v) is 3.26. The minimum absolute atomic E-state index is 0.349. The fourth-order valence-electron chi connectivity index (χ4n) is 2.54. The highest BCUT2D eigenvalue weighted by atomic mass is 79.9. The summed E-state index contributed by atoms with van der Waals surface area (Å²) in [6.45, 7) is 7.38. The lowest BCUT2D eigenvalue weighted by Crippen LogP contribution is -2.12. The molecule has 2 aromatic carbocycles. The van der Waals surface area contributed by atoms with Gasteiger partial charge in [-0.2, -0.15) is 0 Å². The van der Waals surface area contributed by atoms with Crippen molar-refractivity contribution in [2.75, 3.05) is 25.6 Å². The molecule has 0 saturated heterocycles. The van der Waals surface area contributed by atoms with Crippen LogP contribution < -0.4 is 10.1 Å². The molecule has 0 saturated carbocycles. The number of hydrogen-bond donors (Lipinski definition) is 1. The summed E-state index contributed by atoms with van der Waals surface area (Å²) >= 11 is 3.52. The Morgan fingerprint density at radius 3 is 2.68 bits per heavy atom. The minimum atomic E-state index is -0.349. The smallest absolute Gasteiger partial charge is 0.340 e. The zero-order chi connectivity index (χ0) is 18.4. The molecule has 1 N–H and O–H groups in total. The molecule has 2 rings (SSSR count). The molecule has 0 radical (unpaired) electrons. The predicted molar refractivity (Wildman–Crippen MR) is 105 cm³/mol. The highest BCUT2D eigenvalue weighted by Gasteiger charge is 2.15. The average Bonchev–Trinajstić information content (AvgIpc) is 2.58. The Kier molecular flexibility index (Phi) is 6.88. The molecule has 0 aliphatic heterocycles. The fraction of sp³-hybridized carbons (Fsp3) is 0.350. The molecule has 0 fully saturated rings. The van der Waals surface area contributed by atoms with Crippen LogP contribution in [0.15, 0.2) is 34.8 Å². The molecule has 0 unspecified atom stereocenters. The van der Waals surface area contributed by atoms with Gasteiger partial charge in [0.15, 0.2) is 0 Å². The number of carbonyl (C=O) groups is 1. The van der Waals surface area contributed by atoms with Crippen molar-refractivity contribution in [3.8, 4) is 5.75 Å². The normalized spacial score (nSPS) is 10.4. The maximum atomic E-state index is 12.0. The van der Waals surface area contributed by atoms with Gasteiger partial charge < -0.3 is 14.8 Å². The number of halogens is 1. The molecule has 0 aliphatic rings. The molecule has 134 valence electrons. The monoisotopic (exact) mass is 405 g/mol. The maximum Gasteiger partial charge on any atom is 0.340 e. The first kappa shape index (κ1) is 19.3. The summed E-state index contributed by atoms with van der Waals surface area (Å²) in [5, 5.41) is 3.31. The van der Waals surface area contributed by atoms with Crippen LogP contribution in [0.5, 0.6) is 5.75 Å². The second-order valence-electron chi connectivity index (χ2n) is 5.99. The van der Waals surface area contributed by atoms with Crippen LogP contribution in [-0.4, -0.2) is 26.2 Å². The minimum Gasteiger partial charge on any atom is -0.493 e. The summed E-state index contributed by atoms with van der Waals surface area (Å²) in [6.07, 6.45) is 0.814. The van der Waals surface area contributed by atoms with E-state index in [2.05, 4.69) is 41.2 Å². The van der Waals surface area contributed by atoms with E-state index in [9.17, 15) is 4.79 Å². The van der Waals surface area contributed by atoms with Crippen molar-refractivity contribution in [2.24, 2.45) is 0 Å². The van der Waals surface area contributed by atoms with Crippen LogP contribution in [-0.2, 0) is 4.74 Å². The van der Waals surface area contributed by atoms with E-state index < -0.39 is 0 Å². The third-order valence-electron chi connectivity index (χ3n) is 4.08. The first-order valence-electron chi connectivity index (χ1n) is 8.25. The zero-order valence-corrected chi connectivity index (χ0v) is 16.7. The standard InChI is InChI=1S/C20H24BrNO3/c1-13-11-16(20(23)24-4)19(17(21)12-13)22-9-6-10-25-18-8-5-7-14(2)15(18)3/h5,7-8,11-12,22H,6,9-10H2,1-4H3. The predicted octanol–water partition coefficient (Wildman–Crippen LogP) is 5.04. The van der Waals surface area contributed by atoms with Gasteiger partial charge in [0.2, 0.25) is 0 Å². The summed E-state index contributed by atoms with van der Waals surface area (Å²) in [6, 6.07) is 9.86. The summed E-state index contributed by atoms with van der Waals surface area (Å²) < 4.78 is 11.6. The van der Waals surface area contributed by atoms with Crippen molar-refractivity contribution in [3.05, 3.63) is 57.1 Å². The van der Waals surface area contributed by atoms with Crippen molar-refractivity contribution < 1.29 is 14.3 Å². The second kappa shape index (κ2) is 8.90. The Balaban J connectivity index is 1.94. The van der Waals surface area contributed by atoms with E-state index in [-0.39, 0.29) is 5.97 Å². The molecule has 0 atom stereocenters. The molecule has 2 aromatic rings. The third-order valence-corrected chi connectivity index (χ3v) is 4.70. The van der Waals surface area contributed by atoms with Gasteiger partial charge >= 0.3 is 5.97 Å². The molecule has 0 bridgehead atoms. The number of carbonyl (C=O) groups excluding carboxylic acids is 1. The van der Waals surface area contributed by atoms with Crippen molar-refractivity contribution >= 4 is 27.6 Å². The Hall–Kier alpha value is -2.01. The lowest BCUT2D eigenvalue weighted by Gasteiger charge is -2.15. The molecule has 0 amide bonds. The number of nitrogens with one attached hydrogen (secondary N) is 1. The summed E-state index contributed by atoms with van der Waals surface area (Å²) in [5.74, 6) is 0.574. The van der Waals surface area contributed by atoms with Crippen LogP contribution in [0.25, 0.3) is 0 Å². The topological polar surface area (TPSA) is 47.6 Å².